The van der Waals surface area contributed by atoms with E-state index in [0.29, 0.717) is 0 Å². The Balaban J connectivity index is 1.60. The van der Waals surface area contributed by atoms with Crippen molar-refractivity contribution >= 4 is 0 Å². The molecule has 4 rings (SSSR count). The minimum atomic E-state index is -0.193. The first-order valence-corrected chi connectivity index (χ1v) is 10.0. The fourth-order valence-electron chi connectivity index (χ4n) is 3.75. The number of halogens is 1. The predicted molar refractivity (Wildman–Crippen MR) is 121 cm³/mol. The standard InChI is InChI=1S/C28H25F/c1-19-4-11-24(12-5-19)25-13-9-22(10-14-25)16-23-8-6-20(2)27(17-23)28-18-26(29)15-7-21(28)3/h4-15,17-18H,16H2,1-3H3. The number of rotatable bonds is 4. The zero-order chi connectivity index (χ0) is 20.4. The third-order valence-electron chi connectivity index (χ3n) is 5.54. The SMILES string of the molecule is Cc1ccc(-c2ccc(Cc3ccc(C)c(-c4cc(F)ccc4C)c3)cc2)cc1. The van der Waals surface area contributed by atoms with Crippen LogP contribution in [0.4, 0.5) is 4.39 Å². The first-order chi connectivity index (χ1) is 14.0. The van der Waals surface area contributed by atoms with Gasteiger partial charge in [0.1, 0.15) is 5.82 Å². The molecule has 0 N–H and O–H groups in total. The molecule has 0 aliphatic rings. The van der Waals surface area contributed by atoms with Gasteiger partial charge in [0.25, 0.3) is 0 Å². The summed E-state index contributed by atoms with van der Waals surface area (Å²) in [6, 6.07) is 28.9. The van der Waals surface area contributed by atoms with Crippen LogP contribution in [0.5, 0.6) is 0 Å². The van der Waals surface area contributed by atoms with Crippen LogP contribution in [0.1, 0.15) is 27.8 Å². The molecule has 0 aliphatic heterocycles. The van der Waals surface area contributed by atoms with Crippen molar-refractivity contribution in [2.45, 2.75) is 27.2 Å². The van der Waals surface area contributed by atoms with Gasteiger partial charge in [-0.25, -0.2) is 4.39 Å². The van der Waals surface area contributed by atoms with E-state index in [1.807, 2.05) is 13.0 Å². The third kappa shape index (κ3) is 4.30. The molecular weight excluding hydrogens is 355 g/mol. The zero-order valence-electron chi connectivity index (χ0n) is 17.2. The highest BCUT2D eigenvalue weighted by Crippen LogP contribution is 2.29. The van der Waals surface area contributed by atoms with Gasteiger partial charge in [0, 0.05) is 0 Å². The maximum atomic E-state index is 13.8. The van der Waals surface area contributed by atoms with Gasteiger partial charge in [0.05, 0.1) is 0 Å². The van der Waals surface area contributed by atoms with Gasteiger partial charge in [-0.3, -0.25) is 0 Å². The number of benzene rings is 4. The quantitative estimate of drug-likeness (QED) is 0.341. The van der Waals surface area contributed by atoms with Crippen LogP contribution in [0.15, 0.2) is 84.9 Å². The molecule has 0 amide bonds. The fourth-order valence-corrected chi connectivity index (χ4v) is 3.75. The van der Waals surface area contributed by atoms with E-state index in [-0.39, 0.29) is 5.82 Å². The summed E-state index contributed by atoms with van der Waals surface area (Å²) < 4.78 is 13.8. The molecule has 0 spiro atoms. The minimum absolute atomic E-state index is 0.193. The first kappa shape index (κ1) is 19.1. The lowest BCUT2D eigenvalue weighted by atomic mass is 9.92. The molecule has 0 nitrogen and oxygen atoms in total. The molecule has 29 heavy (non-hydrogen) atoms. The fraction of sp³-hybridized carbons (Fsp3) is 0.143. The summed E-state index contributed by atoms with van der Waals surface area (Å²) in [6.07, 6.45) is 0.857. The van der Waals surface area contributed by atoms with Gasteiger partial charge in [-0.1, -0.05) is 78.4 Å². The largest absolute Gasteiger partial charge is 0.207 e. The van der Waals surface area contributed by atoms with Crippen molar-refractivity contribution in [3.05, 3.63) is 119 Å². The molecule has 0 bridgehead atoms. The highest BCUT2D eigenvalue weighted by Gasteiger charge is 2.09. The van der Waals surface area contributed by atoms with E-state index >= 15 is 0 Å². The van der Waals surface area contributed by atoms with Crippen LogP contribution in [0.3, 0.4) is 0 Å². The van der Waals surface area contributed by atoms with Crippen LogP contribution in [0.2, 0.25) is 0 Å². The summed E-state index contributed by atoms with van der Waals surface area (Å²) in [5, 5.41) is 0. The number of hydrogen-bond acceptors (Lipinski definition) is 0. The average molecular weight is 381 g/mol. The van der Waals surface area contributed by atoms with Gasteiger partial charge in [-0.2, -0.15) is 0 Å². The van der Waals surface area contributed by atoms with E-state index in [0.717, 1.165) is 28.7 Å². The number of hydrogen-bond donors (Lipinski definition) is 0. The van der Waals surface area contributed by atoms with E-state index in [2.05, 4.69) is 80.6 Å². The van der Waals surface area contributed by atoms with Crippen LogP contribution in [0, 0.1) is 26.6 Å². The molecule has 0 fully saturated rings. The minimum Gasteiger partial charge on any atom is -0.207 e. The van der Waals surface area contributed by atoms with Gasteiger partial charge in [-0.05, 0) is 83.8 Å². The van der Waals surface area contributed by atoms with Crippen molar-refractivity contribution in [1.29, 1.82) is 0 Å². The van der Waals surface area contributed by atoms with Crippen LogP contribution in [0.25, 0.3) is 22.3 Å². The summed E-state index contributed by atoms with van der Waals surface area (Å²) in [5.41, 5.74) is 10.6. The Bertz CT molecular complexity index is 1140. The average Bonchev–Trinajstić information content (AvgIpc) is 2.73. The number of aryl methyl sites for hydroxylation is 3. The Morgan fingerprint density at radius 2 is 1.07 bits per heavy atom. The van der Waals surface area contributed by atoms with Gasteiger partial charge in [-0.15, -0.1) is 0 Å². The normalized spacial score (nSPS) is 10.9. The lowest BCUT2D eigenvalue weighted by molar-refractivity contribution is 0.628. The summed E-state index contributed by atoms with van der Waals surface area (Å²) in [4.78, 5) is 0. The van der Waals surface area contributed by atoms with Crippen molar-refractivity contribution in [2.75, 3.05) is 0 Å². The van der Waals surface area contributed by atoms with Crippen LogP contribution in [-0.4, -0.2) is 0 Å². The van der Waals surface area contributed by atoms with Crippen molar-refractivity contribution in [3.63, 3.8) is 0 Å². The van der Waals surface area contributed by atoms with Crippen molar-refractivity contribution < 1.29 is 4.39 Å². The second kappa shape index (κ2) is 8.05. The second-order valence-corrected chi connectivity index (χ2v) is 7.85. The molecule has 0 atom stereocenters. The monoisotopic (exact) mass is 380 g/mol. The smallest absolute Gasteiger partial charge is 0.123 e. The summed E-state index contributed by atoms with van der Waals surface area (Å²) in [7, 11) is 0. The molecule has 0 heterocycles. The Kier molecular flexibility index (Phi) is 5.31. The van der Waals surface area contributed by atoms with Crippen molar-refractivity contribution in [3.8, 4) is 22.3 Å². The Morgan fingerprint density at radius 1 is 0.552 bits per heavy atom. The van der Waals surface area contributed by atoms with E-state index in [1.165, 1.54) is 33.9 Å². The van der Waals surface area contributed by atoms with Crippen LogP contribution >= 0.6 is 0 Å². The Hall–Kier alpha value is -3.19. The summed E-state index contributed by atoms with van der Waals surface area (Å²) in [5.74, 6) is -0.193. The molecular formula is C28H25F. The second-order valence-electron chi connectivity index (χ2n) is 7.85. The summed E-state index contributed by atoms with van der Waals surface area (Å²) in [6.45, 7) is 6.22. The topological polar surface area (TPSA) is 0 Å². The van der Waals surface area contributed by atoms with Crippen molar-refractivity contribution in [2.24, 2.45) is 0 Å². The highest BCUT2D eigenvalue weighted by molar-refractivity contribution is 5.71. The van der Waals surface area contributed by atoms with Crippen molar-refractivity contribution in [1.82, 2.24) is 0 Å². The Labute approximate surface area is 172 Å². The first-order valence-electron chi connectivity index (χ1n) is 10.0. The van der Waals surface area contributed by atoms with Crippen LogP contribution in [-0.2, 0) is 6.42 Å². The maximum Gasteiger partial charge on any atom is 0.123 e. The molecule has 0 radical (unpaired) electrons. The van der Waals surface area contributed by atoms with E-state index in [9.17, 15) is 4.39 Å². The molecule has 0 saturated heterocycles. The van der Waals surface area contributed by atoms with E-state index in [4.69, 9.17) is 0 Å². The zero-order valence-corrected chi connectivity index (χ0v) is 17.2. The summed E-state index contributed by atoms with van der Waals surface area (Å²) >= 11 is 0. The predicted octanol–water partition coefficient (Wildman–Crippen LogP) is 7.68. The Morgan fingerprint density at radius 3 is 1.72 bits per heavy atom. The van der Waals surface area contributed by atoms with E-state index in [1.54, 1.807) is 6.07 Å². The lowest BCUT2D eigenvalue weighted by Crippen LogP contribution is -1.93. The molecule has 1 heteroatoms. The molecule has 0 aliphatic carbocycles. The van der Waals surface area contributed by atoms with Gasteiger partial charge >= 0.3 is 0 Å². The third-order valence-corrected chi connectivity index (χ3v) is 5.54. The van der Waals surface area contributed by atoms with Crippen LogP contribution < -0.4 is 0 Å². The van der Waals surface area contributed by atoms with Gasteiger partial charge in [0.2, 0.25) is 0 Å². The molecule has 0 unspecified atom stereocenters. The maximum absolute atomic E-state index is 13.8. The highest BCUT2D eigenvalue weighted by atomic mass is 19.1. The van der Waals surface area contributed by atoms with E-state index < -0.39 is 0 Å². The molecule has 4 aromatic carbocycles. The van der Waals surface area contributed by atoms with Gasteiger partial charge < -0.3 is 0 Å². The molecule has 4 aromatic rings. The van der Waals surface area contributed by atoms with Gasteiger partial charge in [0.15, 0.2) is 0 Å². The molecule has 0 aromatic heterocycles. The molecule has 0 saturated carbocycles. The lowest BCUT2D eigenvalue weighted by Gasteiger charge is -2.12. The molecule has 144 valence electrons.